The lowest BCUT2D eigenvalue weighted by Crippen LogP contribution is -2.70. The summed E-state index contributed by atoms with van der Waals surface area (Å²) in [7, 11) is 0. The second-order valence-electron chi connectivity index (χ2n) is 9.65. The molecule has 6 nitrogen and oxygen atoms in total. The molecule has 2 fully saturated rings. The van der Waals surface area contributed by atoms with Crippen molar-refractivity contribution in [3.8, 4) is 0 Å². The number of carbonyl (C=O) groups excluding carboxylic acids is 3. The highest BCUT2D eigenvalue weighted by atomic mass is 16.6. The maximum absolute atomic E-state index is 13.1. The predicted molar refractivity (Wildman–Crippen MR) is 102 cm³/mol. The third kappa shape index (κ3) is 4.53. The smallest absolute Gasteiger partial charge is 0.310 e. The average molecular weight is 382 g/mol. The number of esters is 1. The van der Waals surface area contributed by atoms with E-state index in [1.54, 1.807) is 6.92 Å². The first-order chi connectivity index (χ1) is 12.4. The molecule has 4 atom stereocenters. The van der Waals surface area contributed by atoms with Crippen LogP contribution in [-0.4, -0.2) is 52.0 Å². The molecule has 1 spiro atoms. The van der Waals surface area contributed by atoms with Gasteiger partial charge in [-0.05, 0) is 52.9 Å². The fraction of sp³-hybridized carbons (Fsp3) is 0.857. The highest BCUT2D eigenvalue weighted by Gasteiger charge is 2.63. The summed E-state index contributed by atoms with van der Waals surface area (Å²) in [4.78, 5) is 39.8. The Labute approximate surface area is 162 Å². The Kier molecular flexibility index (Phi) is 6.40. The molecule has 2 aliphatic rings. The Hall–Kier alpha value is -1.43. The van der Waals surface area contributed by atoms with Crippen LogP contribution in [-0.2, 0) is 19.1 Å². The highest BCUT2D eigenvalue weighted by molar-refractivity contribution is 5.98. The summed E-state index contributed by atoms with van der Waals surface area (Å²) in [5.41, 5.74) is -1.35. The van der Waals surface area contributed by atoms with Gasteiger partial charge in [-0.1, -0.05) is 20.3 Å². The zero-order chi connectivity index (χ0) is 20.6. The molecule has 2 rings (SSSR count). The Morgan fingerprint density at radius 1 is 1.30 bits per heavy atom. The van der Waals surface area contributed by atoms with Crippen molar-refractivity contribution in [2.24, 2.45) is 17.3 Å². The van der Waals surface area contributed by atoms with Gasteiger partial charge in [0.1, 0.15) is 11.6 Å². The maximum Gasteiger partial charge on any atom is 0.310 e. The Morgan fingerprint density at radius 2 is 1.93 bits per heavy atom. The lowest BCUT2D eigenvalue weighted by atomic mass is 9.69. The van der Waals surface area contributed by atoms with Gasteiger partial charge in [0.15, 0.2) is 5.78 Å². The number of hydrogen-bond donors (Lipinski definition) is 1. The molecule has 0 aromatic rings. The largest absolute Gasteiger partial charge is 0.460 e. The molecule has 1 aliphatic heterocycles. The van der Waals surface area contributed by atoms with Crippen LogP contribution < -0.4 is 0 Å². The first kappa shape index (κ1) is 21.9. The van der Waals surface area contributed by atoms with E-state index in [0.717, 1.165) is 12.8 Å². The van der Waals surface area contributed by atoms with Crippen molar-refractivity contribution < 1.29 is 24.2 Å². The number of carbonyl (C=O) groups is 3. The van der Waals surface area contributed by atoms with Crippen molar-refractivity contribution in [2.45, 2.75) is 91.4 Å². The zero-order valence-corrected chi connectivity index (χ0v) is 17.6. The molecular formula is C21H35NO5. The van der Waals surface area contributed by atoms with Gasteiger partial charge in [0.2, 0.25) is 5.91 Å². The number of aliphatic hydroxyl groups excluding tert-OH is 1. The van der Waals surface area contributed by atoms with Crippen LogP contribution in [0.3, 0.4) is 0 Å². The minimum atomic E-state index is -0.924. The number of likely N-dealkylation sites (tertiary alicyclic amines) is 1. The van der Waals surface area contributed by atoms with Crippen LogP contribution in [0.5, 0.6) is 0 Å². The van der Waals surface area contributed by atoms with Crippen LogP contribution in [0.15, 0.2) is 0 Å². The van der Waals surface area contributed by atoms with Crippen LogP contribution in [0, 0.1) is 17.3 Å². The van der Waals surface area contributed by atoms with E-state index >= 15 is 0 Å². The molecule has 154 valence electrons. The number of ether oxygens (including phenoxy) is 1. The molecule has 0 radical (unpaired) electrons. The fourth-order valence-electron chi connectivity index (χ4n) is 4.38. The third-order valence-corrected chi connectivity index (χ3v) is 5.70. The summed E-state index contributed by atoms with van der Waals surface area (Å²) >= 11 is 0. The van der Waals surface area contributed by atoms with Crippen molar-refractivity contribution >= 4 is 17.7 Å². The summed E-state index contributed by atoms with van der Waals surface area (Å²) in [5, 5.41) is 10.2. The van der Waals surface area contributed by atoms with E-state index in [0.29, 0.717) is 31.7 Å². The first-order valence-corrected chi connectivity index (χ1v) is 10.1. The Bertz CT molecular complexity index is 592. The van der Waals surface area contributed by atoms with Crippen LogP contribution >= 0.6 is 0 Å². The average Bonchev–Trinajstić information content (AvgIpc) is 2.97. The number of β-lactam (4-membered cyclic amide) rings is 1. The number of nitrogens with zero attached hydrogens (tertiary/aromatic N) is 1. The fourth-order valence-corrected chi connectivity index (χ4v) is 4.38. The van der Waals surface area contributed by atoms with E-state index in [2.05, 4.69) is 0 Å². The van der Waals surface area contributed by atoms with Gasteiger partial charge in [-0.25, -0.2) is 0 Å². The van der Waals surface area contributed by atoms with Crippen LogP contribution in [0.2, 0.25) is 0 Å². The van der Waals surface area contributed by atoms with Crippen LogP contribution in [0.25, 0.3) is 0 Å². The molecule has 1 aliphatic carbocycles. The third-order valence-electron chi connectivity index (χ3n) is 5.70. The van der Waals surface area contributed by atoms with E-state index in [4.69, 9.17) is 4.74 Å². The normalized spacial score (nSPS) is 27.6. The summed E-state index contributed by atoms with van der Waals surface area (Å²) in [6.45, 7) is 11.4. The van der Waals surface area contributed by atoms with Crippen LogP contribution in [0.4, 0.5) is 0 Å². The standard InChI is InChI=1S/C21H35NO5/c1-13(2)9-10-16(24)17(14(3)23)22-12-21(19(22)26)11-7-8-15(21)18(25)27-20(4,5)6/h13-15,17,23H,7-12H2,1-6H3/t14-,15?,17+,21?/m1/s1. The molecular weight excluding hydrogens is 346 g/mol. The monoisotopic (exact) mass is 381 g/mol. The second kappa shape index (κ2) is 7.90. The number of ketones is 1. The molecule has 1 N–H and O–H groups in total. The second-order valence-corrected chi connectivity index (χ2v) is 9.65. The Morgan fingerprint density at radius 3 is 2.41 bits per heavy atom. The van der Waals surface area contributed by atoms with Crippen molar-refractivity contribution in [3.63, 3.8) is 0 Å². The summed E-state index contributed by atoms with van der Waals surface area (Å²) in [6.07, 6.45) is 2.22. The molecule has 0 bridgehead atoms. The van der Waals surface area contributed by atoms with Gasteiger partial charge in [-0.2, -0.15) is 0 Å². The van der Waals surface area contributed by atoms with Crippen molar-refractivity contribution in [1.29, 1.82) is 0 Å². The van der Waals surface area contributed by atoms with Gasteiger partial charge in [-0.15, -0.1) is 0 Å². The molecule has 27 heavy (non-hydrogen) atoms. The van der Waals surface area contributed by atoms with Gasteiger partial charge in [0, 0.05) is 13.0 Å². The quantitative estimate of drug-likeness (QED) is 0.541. The molecule has 2 unspecified atom stereocenters. The topological polar surface area (TPSA) is 83.9 Å². The van der Waals surface area contributed by atoms with Gasteiger partial charge in [0.05, 0.1) is 17.4 Å². The van der Waals surface area contributed by atoms with E-state index < -0.39 is 29.1 Å². The predicted octanol–water partition coefficient (Wildman–Crippen LogP) is 2.71. The molecule has 0 aromatic heterocycles. The molecule has 1 saturated carbocycles. The minimum absolute atomic E-state index is 0.103. The van der Waals surface area contributed by atoms with Crippen LogP contribution in [0.1, 0.15) is 73.6 Å². The summed E-state index contributed by atoms with van der Waals surface area (Å²) < 4.78 is 5.53. The maximum atomic E-state index is 13.1. The molecule has 1 saturated heterocycles. The highest BCUT2D eigenvalue weighted by Crippen LogP contribution is 2.52. The van der Waals surface area contributed by atoms with E-state index in [1.165, 1.54) is 4.90 Å². The molecule has 1 heterocycles. The van der Waals surface area contributed by atoms with Crippen molar-refractivity contribution in [1.82, 2.24) is 4.90 Å². The van der Waals surface area contributed by atoms with Gasteiger partial charge >= 0.3 is 5.97 Å². The number of hydrogen-bond acceptors (Lipinski definition) is 5. The molecule has 6 heteroatoms. The van der Waals surface area contributed by atoms with Gasteiger partial charge in [0.25, 0.3) is 0 Å². The lowest BCUT2D eigenvalue weighted by Gasteiger charge is -2.52. The van der Waals surface area contributed by atoms with E-state index in [-0.39, 0.29) is 17.7 Å². The lowest BCUT2D eigenvalue weighted by molar-refractivity contribution is -0.186. The minimum Gasteiger partial charge on any atom is -0.460 e. The molecule has 1 amide bonds. The van der Waals surface area contributed by atoms with Crippen molar-refractivity contribution in [2.75, 3.05) is 6.54 Å². The first-order valence-electron chi connectivity index (χ1n) is 10.1. The summed E-state index contributed by atoms with van der Waals surface area (Å²) in [6, 6.07) is -0.818. The Balaban J connectivity index is 2.12. The van der Waals surface area contributed by atoms with E-state index in [1.807, 2.05) is 34.6 Å². The SMILES string of the molecule is CC(C)CCC(=O)[C@H]([C@@H](C)O)N1CC2(CCCC2C(=O)OC(C)(C)C)C1=O. The van der Waals surface area contributed by atoms with E-state index in [9.17, 15) is 19.5 Å². The van der Waals surface area contributed by atoms with Gasteiger partial charge < -0.3 is 14.7 Å². The summed E-state index contributed by atoms with van der Waals surface area (Å²) in [5.74, 6) is -0.685. The van der Waals surface area contributed by atoms with Crippen molar-refractivity contribution in [3.05, 3.63) is 0 Å². The number of rotatable bonds is 7. The zero-order valence-electron chi connectivity index (χ0n) is 17.6. The number of amides is 1. The number of Topliss-reactive ketones (excluding diaryl/α,β-unsaturated/α-hetero) is 1. The number of aliphatic hydroxyl groups is 1. The van der Waals surface area contributed by atoms with Gasteiger partial charge in [-0.3, -0.25) is 14.4 Å². The molecule has 0 aromatic carbocycles.